The quantitative estimate of drug-likeness (QED) is 0.257. The van der Waals surface area contributed by atoms with Gasteiger partial charge in [-0.05, 0) is 38.5 Å². The topological polar surface area (TPSA) is 161 Å². The molecule has 0 unspecified atom stereocenters. The van der Waals surface area contributed by atoms with Gasteiger partial charge in [-0.2, -0.15) is 0 Å². The maximum Gasteiger partial charge on any atom is 0.405 e. The average Bonchev–Trinajstić information content (AvgIpc) is 2.51. The highest BCUT2D eigenvalue weighted by Gasteiger charge is 2.30. The van der Waals surface area contributed by atoms with E-state index in [-0.39, 0.29) is 19.3 Å². The lowest BCUT2D eigenvalue weighted by atomic mass is 9.82. The van der Waals surface area contributed by atoms with E-state index in [2.05, 4.69) is 5.32 Å². The molecular weight excluding hydrogens is 346 g/mol. The Morgan fingerprint density at radius 2 is 0.885 bits per heavy atom. The Labute approximate surface area is 152 Å². The molecule has 0 radical (unpaired) electrons. The fraction of sp³-hybridized carbons (Fsp3) is 0.765. The van der Waals surface area contributed by atoms with Crippen LogP contribution in [0.1, 0.15) is 77.0 Å². The number of amides is 1. The second-order valence-corrected chi connectivity index (χ2v) is 6.51. The average molecular weight is 375 g/mol. The molecule has 0 fully saturated rings. The van der Waals surface area contributed by atoms with Crippen molar-refractivity contribution in [1.29, 1.82) is 0 Å². The molecule has 0 aliphatic carbocycles. The number of carbonyl (C=O) groups is 4. The van der Waals surface area contributed by atoms with Gasteiger partial charge in [0.2, 0.25) is 0 Å². The molecular formula is C17H29NO8. The molecule has 0 aromatic rings. The third-order valence-electron chi connectivity index (χ3n) is 4.26. The molecule has 0 aliphatic heterocycles. The van der Waals surface area contributed by atoms with E-state index in [1.165, 1.54) is 0 Å². The zero-order chi connectivity index (χ0) is 20.0. The molecule has 9 nitrogen and oxygen atoms in total. The Morgan fingerprint density at radius 1 is 0.577 bits per heavy atom. The van der Waals surface area contributed by atoms with Crippen LogP contribution in [0.4, 0.5) is 4.79 Å². The summed E-state index contributed by atoms with van der Waals surface area (Å²) in [5.41, 5.74) is -0.790. The van der Waals surface area contributed by atoms with Crippen molar-refractivity contribution in [3.63, 3.8) is 0 Å². The second-order valence-electron chi connectivity index (χ2n) is 6.51. The standard InChI is InChI=1S/C17H29NO8/c19-13(20)7-1-4-10-17(18-16(25)26,11-5-2-8-14(21)22)12-6-3-9-15(23)24/h18H,1-12H2,(H,19,20)(H,21,22)(H,23,24)(H,25,26). The molecule has 0 aromatic carbocycles. The largest absolute Gasteiger partial charge is 0.481 e. The van der Waals surface area contributed by atoms with Gasteiger partial charge in [0.1, 0.15) is 0 Å². The number of unbranched alkanes of at least 4 members (excludes halogenated alkanes) is 3. The Kier molecular flexibility index (Phi) is 11.8. The predicted octanol–water partition coefficient (Wildman–Crippen LogP) is 2.93. The van der Waals surface area contributed by atoms with E-state index in [9.17, 15) is 24.3 Å². The van der Waals surface area contributed by atoms with Crippen LogP contribution >= 0.6 is 0 Å². The molecule has 0 heterocycles. The maximum atomic E-state index is 11.2. The first kappa shape index (κ1) is 23.7. The van der Waals surface area contributed by atoms with Crippen molar-refractivity contribution in [1.82, 2.24) is 5.32 Å². The number of nitrogens with one attached hydrogen (secondary N) is 1. The van der Waals surface area contributed by atoms with Crippen molar-refractivity contribution in [3.8, 4) is 0 Å². The van der Waals surface area contributed by atoms with Crippen LogP contribution in [0, 0.1) is 0 Å². The Bertz CT molecular complexity index is 422. The van der Waals surface area contributed by atoms with Gasteiger partial charge in [-0.1, -0.05) is 19.3 Å². The van der Waals surface area contributed by atoms with Gasteiger partial charge in [0, 0.05) is 24.8 Å². The number of rotatable bonds is 16. The van der Waals surface area contributed by atoms with Gasteiger partial charge in [0.05, 0.1) is 0 Å². The molecule has 150 valence electrons. The predicted molar refractivity (Wildman–Crippen MR) is 92.2 cm³/mol. The van der Waals surface area contributed by atoms with Crippen molar-refractivity contribution < 1.29 is 39.6 Å². The number of carboxylic acids is 3. The van der Waals surface area contributed by atoms with Gasteiger partial charge in [-0.3, -0.25) is 14.4 Å². The molecule has 9 heteroatoms. The first-order chi connectivity index (χ1) is 12.2. The van der Waals surface area contributed by atoms with Crippen LogP contribution in [-0.4, -0.2) is 50.0 Å². The lowest BCUT2D eigenvalue weighted by Crippen LogP contribution is -2.48. The Hall–Kier alpha value is -2.32. The van der Waals surface area contributed by atoms with Crippen LogP contribution in [0.15, 0.2) is 0 Å². The van der Waals surface area contributed by atoms with E-state index < -0.39 is 29.5 Å². The van der Waals surface area contributed by atoms with Crippen LogP contribution in [0.2, 0.25) is 0 Å². The fourth-order valence-corrected chi connectivity index (χ4v) is 3.01. The van der Waals surface area contributed by atoms with Crippen molar-refractivity contribution in [2.75, 3.05) is 0 Å². The molecule has 5 N–H and O–H groups in total. The normalized spacial score (nSPS) is 11.1. The lowest BCUT2D eigenvalue weighted by Gasteiger charge is -2.34. The molecule has 0 rings (SSSR count). The van der Waals surface area contributed by atoms with Gasteiger partial charge >= 0.3 is 24.0 Å². The van der Waals surface area contributed by atoms with E-state index in [1.807, 2.05) is 0 Å². The minimum atomic E-state index is -1.19. The van der Waals surface area contributed by atoms with Crippen LogP contribution in [0.3, 0.4) is 0 Å². The monoisotopic (exact) mass is 375 g/mol. The summed E-state index contributed by atoms with van der Waals surface area (Å²) in [6.07, 6.45) is 2.93. The number of carboxylic acid groups (broad SMARTS) is 4. The Balaban J connectivity index is 4.83. The highest BCUT2D eigenvalue weighted by molar-refractivity contribution is 5.67. The van der Waals surface area contributed by atoms with Crippen LogP contribution in [-0.2, 0) is 14.4 Å². The Morgan fingerprint density at radius 3 is 1.12 bits per heavy atom. The zero-order valence-electron chi connectivity index (χ0n) is 14.9. The van der Waals surface area contributed by atoms with Crippen LogP contribution < -0.4 is 5.32 Å². The minimum Gasteiger partial charge on any atom is -0.481 e. The second kappa shape index (κ2) is 13.0. The zero-order valence-corrected chi connectivity index (χ0v) is 14.9. The highest BCUT2D eigenvalue weighted by atomic mass is 16.4. The van der Waals surface area contributed by atoms with Crippen molar-refractivity contribution >= 4 is 24.0 Å². The summed E-state index contributed by atoms with van der Waals surface area (Å²) in [5.74, 6) is -2.74. The van der Waals surface area contributed by atoms with Crippen molar-refractivity contribution in [2.24, 2.45) is 0 Å². The number of aliphatic carboxylic acids is 3. The summed E-state index contributed by atoms with van der Waals surface area (Å²) in [6.45, 7) is 0. The highest BCUT2D eigenvalue weighted by Crippen LogP contribution is 2.28. The van der Waals surface area contributed by atoms with Crippen LogP contribution in [0.25, 0.3) is 0 Å². The summed E-state index contributed by atoms with van der Waals surface area (Å²) < 4.78 is 0. The number of hydrogen-bond acceptors (Lipinski definition) is 4. The first-order valence-electron chi connectivity index (χ1n) is 8.83. The smallest absolute Gasteiger partial charge is 0.405 e. The molecule has 0 aliphatic rings. The molecule has 0 aromatic heterocycles. The third kappa shape index (κ3) is 13.0. The van der Waals surface area contributed by atoms with Crippen LogP contribution in [0.5, 0.6) is 0 Å². The van der Waals surface area contributed by atoms with E-state index in [0.29, 0.717) is 57.8 Å². The van der Waals surface area contributed by atoms with Gasteiger partial charge in [0.25, 0.3) is 0 Å². The molecule has 0 saturated carbocycles. The van der Waals surface area contributed by atoms with Gasteiger partial charge < -0.3 is 25.7 Å². The van der Waals surface area contributed by atoms with E-state index in [1.54, 1.807) is 0 Å². The summed E-state index contributed by atoms with van der Waals surface area (Å²) >= 11 is 0. The van der Waals surface area contributed by atoms with Gasteiger partial charge in [-0.15, -0.1) is 0 Å². The summed E-state index contributed by atoms with van der Waals surface area (Å²) in [7, 11) is 0. The molecule has 1 amide bonds. The van der Waals surface area contributed by atoms with E-state index in [0.717, 1.165) is 0 Å². The van der Waals surface area contributed by atoms with Gasteiger partial charge in [0.15, 0.2) is 0 Å². The molecule has 0 bridgehead atoms. The van der Waals surface area contributed by atoms with E-state index in [4.69, 9.17) is 15.3 Å². The summed E-state index contributed by atoms with van der Waals surface area (Å²) in [6, 6.07) is 0. The number of hydrogen-bond donors (Lipinski definition) is 5. The van der Waals surface area contributed by atoms with Crippen molar-refractivity contribution in [3.05, 3.63) is 0 Å². The lowest BCUT2D eigenvalue weighted by molar-refractivity contribution is -0.138. The van der Waals surface area contributed by atoms with Gasteiger partial charge in [-0.25, -0.2) is 4.79 Å². The summed E-state index contributed by atoms with van der Waals surface area (Å²) in [4.78, 5) is 43.1. The molecule has 0 saturated heterocycles. The fourth-order valence-electron chi connectivity index (χ4n) is 3.01. The first-order valence-corrected chi connectivity index (χ1v) is 8.83. The molecule has 0 atom stereocenters. The molecule has 0 spiro atoms. The SMILES string of the molecule is O=C(O)CCCCC(CCCCC(=O)O)(CCCCC(=O)O)NC(=O)O. The minimum absolute atomic E-state index is 0.00117. The summed E-state index contributed by atoms with van der Waals surface area (Å²) in [5, 5.41) is 37.9. The van der Waals surface area contributed by atoms with Crippen molar-refractivity contribution in [2.45, 2.75) is 82.6 Å². The third-order valence-corrected chi connectivity index (χ3v) is 4.26. The van der Waals surface area contributed by atoms with E-state index >= 15 is 0 Å². The maximum absolute atomic E-state index is 11.2. The molecule has 26 heavy (non-hydrogen) atoms.